The lowest BCUT2D eigenvalue weighted by Crippen LogP contribution is -2.10. The molecule has 1 nitrogen and oxygen atoms in total. The van der Waals surface area contributed by atoms with Gasteiger partial charge in [-0.05, 0) is 36.0 Å². The van der Waals surface area contributed by atoms with Crippen molar-refractivity contribution in [1.82, 2.24) is 0 Å². The zero-order valence-electron chi connectivity index (χ0n) is 12.1. The third-order valence-corrected chi connectivity index (χ3v) is 2.53. The fourth-order valence-electron chi connectivity index (χ4n) is 1.75. The van der Waals surface area contributed by atoms with E-state index >= 15 is 0 Å². The van der Waals surface area contributed by atoms with Crippen LogP contribution >= 0.6 is 0 Å². The molecule has 0 saturated heterocycles. The van der Waals surface area contributed by atoms with E-state index in [1.165, 1.54) is 0 Å². The molecule has 0 spiro atoms. The van der Waals surface area contributed by atoms with Gasteiger partial charge in [-0.15, -0.1) is 0 Å². The Bertz CT molecular complexity index is 370. The molecule has 0 aromatic heterocycles. The smallest absolute Gasteiger partial charge is 0.389 e. The quantitative estimate of drug-likeness (QED) is 0.770. The van der Waals surface area contributed by atoms with E-state index in [9.17, 15) is 13.2 Å². The number of hydrogen-bond donors (Lipinski definition) is 1. The second-order valence-corrected chi connectivity index (χ2v) is 4.75. The molecule has 0 saturated carbocycles. The van der Waals surface area contributed by atoms with Gasteiger partial charge in [0.05, 0.1) is 0 Å². The molecule has 110 valence electrons. The molecule has 0 atom stereocenters. The molecule has 2 N–H and O–H groups in total. The Morgan fingerprint density at radius 2 is 1.74 bits per heavy atom. The monoisotopic (exact) mass is 275 g/mol. The summed E-state index contributed by atoms with van der Waals surface area (Å²) in [6, 6.07) is 5.37. The Hall–Kier alpha value is -1.19. The van der Waals surface area contributed by atoms with E-state index < -0.39 is 12.6 Å². The fraction of sp³-hybridized carbons (Fsp3) is 0.600. The van der Waals surface area contributed by atoms with E-state index in [0.717, 1.165) is 12.0 Å². The molecule has 0 aliphatic heterocycles. The van der Waals surface area contributed by atoms with E-state index in [2.05, 4.69) is 13.8 Å². The van der Waals surface area contributed by atoms with Gasteiger partial charge in [0.25, 0.3) is 0 Å². The number of aryl methyl sites for hydroxylation is 1. The van der Waals surface area contributed by atoms with Crippen LogP contribution < -0.4 is 5.73 Å². The van der Waals surface area contributed by atoms with Gasteiger partial charge in [-0.1, -0.05) is 39.8 Å². The molecule has 0 aliphatic rings. The Balaban J connectivity index is 0.00000154. The van der Waals surface area contributed by atoms with Crippen LogP contribution in [-0.4, -0.2) is 6.18 Å². The van der Waals surface area contributed by atoms with Crippen LogP contribution in [0.15, 0.2) is 18.2 Å². The minimum Gasteiger partial charge on any atom is -0.399 e. The van der Waals surface area contributed by atoms with Crippen molar-refractivity contribution in [3.63, 3.8) is 0 Å². The molecule has 0 amide bonds. The van der Waals surface area contributed by atoms with E-state index in [1.807, 2.05) is 19.9 Å². The van der Waals surface area contributed by atoms with Crippen molar-refractivity contribution < 1.29 is 13.2 Å². The normalized spacial score (nSPS) is 11.2. The molecule has 0 aliphatic carbocycles. The highest BCUT2D eigenvalue weighted by molar-refractivity contribution is 5.48. The molecular weight excluding hydrogens is 251 g/mol. The van der Waals surface area contributed by atoms with Crippen LogP contribution in [0.3, 0.4) is 0 Å². The largest absolute Gasteiger partial charge is 0.399 e. The minimum atomic E-state index is -4.12. The van der Waals surface area contributed by atoms with Gasteiger partial charge in [-0.3, -0.25) is 0 Å². The van der Waals surface area contributed by atoms with Crippen molar-refractivity contribution in [3.8, 4) is 0 Å². The third-order valence-electron chi connectivity index (χ3n) is 2.53. The van der Waals surface area contributed by atoms with Gasteiger partial charge in [-0.25, -0.2) is 0 Å². The second kappa shape index (κ2) is 8.08. The SMILES string of the molecule is CC.CC(C)Cc1ccc(N)c(CCC(F)(F)F)c1. The number of nitrogens with two attached hydrogens (primary N) is 1. The summed E-state index contributed by atoms with van der Waals surface area (Å²) in [6.07, 6.45) is -4.12. The Labute approximate surface area is 114 Å². The van der Waals surface area contributed by atoms with E-state index in [-0.39, 0.29) is 6.42 Å². The van der Waals surface area contributed by atoms with Gasteiger partial charge in [0, 0.05) is 12.1 Å². The van der Waals surface area contributed by atoms with Crippen LogP contribution in [0.25, 0.3) is 0 Å². The van der Waals surface area contributed by atoms with Crippen molar-refractivity contribution in [1.29, 1.82) is 0 Å². The molecule has 0 radical (unpaired) electrons. The van der Waals surface area contributed by atoms with E-state index in [4.69, 9.17) is 5.73 Å². The summed E-state index contributed by atoms with van der Waals surface area (Å²) in [5.74, 6) is 0.481. The predicted molar refractivity (Wildman–Crippen MR) is 75.1 cm³/mol. The van der Waals surface area contributed by atoms with Gasteiger partial charge >= 0.3 is 6.18 Å². The Morgan fingerprint density at radius 1 is 1.16 bits per heavy atom. The molecule has 0 bridgehead atoms. The van der Waals surface area contributed by atoms with Crippen LogP contribution in [0.1, 0.15) is 45.2 Å². The summed E-state index contributed by atoms with van der Waals surface area (Å²) >= 11 is 0. The Morgan fingerprint density at radius 3 is 2.21 bits per heavy atom. The lowest BCUT2D eigenvalue weighted by atomic mass is 9.98. The summed E-state index contributed by atoms with van der Waals surface area (Å²) in [4.78, 5) is 0. The van der Waals surface area contributed by atoms with Crippen LogP contribution in [0, 0.1) is 5.92 Å². The zero-order valence-corrected chi connectivity index (χ0v) is 12.1. The predicted octanol–water partition coefficient (Wildman–Crippen LogP) is 4.99. The second-order valence-electron chi connectivity index (χ2n) is 4.75. The maximum Gasteiger partial charge on any atom is 0.389 e. The highest BCUT2D eigenvalue weighted by atomic mass is 19.4. The standard InChI is InChI=1S/C13H18F3N.C2H6/c1-9(2)7-10-3-4-12(17)11(8-10)5-6-13(14,15)16;1-2/h3-4,8-9H,5-7,17H2,1-2H3;1-2H3. The zero-order chi connectivity index (χ0) is 15.1. The summed E-state index contributed by atoms with van der Waals surface area (Å²) < 4.78 is 36.4. The molecule has 1 aromatic rings. The van der Waals surface area contributed by atoms with Gasteiger partial charge in [-0.2, -0.15) is 13.2 Å². The third kappa shape index (κ3) is 7.75. The molecule has 1 aromatic carbocycles. The first-order chi connectivity index (χ1) is 8.78. The van der Waals surface area contributed by atoms with Crippen molar-refractivity contribution in [2.24, 2.45) is 5.92 Å². The molecule has 4 heteroatoms. The van der Waals surface area contributed by atoms with Crippen LogP contribution in [0.5, 0.6) is 0 Å². The molecule has 19 heavy (non-hydrogen) atoms. The van der Waals surface area contributed by atoms with Crippen LogP contribution in [0.4, 0.5) is 18.9 Å². The van der Waals surface area contributed by atoms with Crippen molar-refractivity contribution >= 4 is 5.69 Å². The number of alkyl halides is 3. The summed E-state index contributed by atoms with van der Waals surface area (Å²) in [7, 11) is 0. The lowest BCUT2D eigenvalue weighted by molar-refractivity contribution is -0.133. The van der Waals surface area contributed by atoms with Gasteiger partial charge in [0.1, 0.15) is 0 Å². The first kappa shape index (κ1) is 17.8. The fourth-order valence-corrected chi connectivity index (χ4v) is 1.75. The number of halogens is 3. The Kier molecular flexibility index (Phi) is 7.57. The first-order valence-electron chi connectivity index (χ1n) is 6.72. The molecule has 0 heterocycles. The average Bonchev–Trinajstić information content (AvgIpc) is 2.31. The van der Waals surface area contributed by atoms with Crippen LogP contribution in [0.2, 0.25) is 0 Å². The van der Waals surface area contributed by atoms with Crippen molar-refractivity contribution in [2.75, 3.05) is 5.73 Å². The topological polar surface area (TPSA) is 26.0 Å². The van der Waals surface area contributed by atoms with Gasteiger partial charge in [0.15, 0.2) is 0 Å². The van der Waals surface area contributed by atoms with Gasteiger partial charge < -0.3 is 5.73 Å². The van der Waals surface area contributed by atoms with Gasteiger partial charge in [0.2, 0.25) is 0 Å². The minimum absolute atomic E-state index is 0.0404. The molecule has 0 unspecified atom stereocenters. The van der Waals surface area contributed by atoms with Crippen LogP contribution in [-0.2, 0) is 12.8 Å². The van der Waals surface area contributed by atoms with Crippen molar-refractivity contribution in [2.45, 2.75) is 53.1 Å². The summed E-state index contributed by atoms with van der Waals surface area (Å²) in [6.45, 7) is 8.15. The highest BCUT2D eigenvalue weighted by Gasteiger charge is 2.26. The maximum atomic E-state index is 12.1. The number of hydrogen-bond acceptors (Lipinski definition) is 1. The maximum absolute atomic E-state index is 12.1. The first-order valence-corrected chi connectivity index (χ1v) is 6.72. The number of benzene rings is 1. The summed E-state index contributed by atoms with van der Waals surface area (Å²) in [5, 5.41) is 0. The van der Waals surface area contributed by atoms with E-state index in [1.54, 1.807) is 12.1 Å². The molecular formula is C15H24F3N. The van der Waals surface area contributed by atoms with E-state index in [0.29, 0.717) is 17.2 Å². The number of anilines is 1. The lowest BCUT2D eigenvalue weighted by Gasteiger charge is -2.11. The number of nitrogen functional groups attached to an aromatic ring is 1. The molecule has 1 rings (SSSR count). The summed E-state index contributed by atoms with van der Waals surface area (Å²) in [5.41, 5.74) is 7.77. The highest BCUT2D eigenvalue weighted by Crippen LogP contribution is 2.25. The van der Waals surface area contributed by atoms with Crippen molar-refractivity contribution in [3.05, 3.63) is 29.3 Å². The number of rotatable bonds is 4. The average molecular weight is 275 g/mol. The molecule has 0 fully saturated rings.